The Kier molecular flexibility index (Phi) is 3.33. The largest absolute Gasteiger partial charge is 0.496 e. The van der Waals surface area contributed by atoms with E-state index in [4.69, 9.17) is 16.3 Å². The summed E-state index contributed by atoms with van der Waals surface area (Å²) in [5.41, 5.74) is 0.495. The molecule has 0 unspecified atom stereocenters. The second kappa shape index (κ2) is 4.11. The zero-order chi connectivity index (χ0) is 10.0. The average molecular weight is 264 g/mol. The van der Waals surface area contributed by atoms with Crippen LogP contribution in [0.5, 0.6) is 5.75 Å². The molecule has 0 N–H and O–H groups in total. The lowest BCUT2D eigenvalue weighted by Crippen LogP contribution is -1.95. The number of rotatable bonds is 2. The first kappa shape index (κ1) is 10.5. The number of halogens is 2. The van der Waals surface area contributed by atoms with Gasteiger partial charge >= 0.3 is 0 Å². The number of Topliss-reactive ketones (excluding diaryl/α,β-unsaturated/α-hetero) is 1. The number of methoxy groups -OCH3 is 1. The summed E-state index contributed by atoms with van der Waals surface area (Å²) in [7, 11) is 1.55. The molecule has 70 valence electrons. The van der Waals surface area contributed by atoms with E-state index in [2.05, 4.69) is 15.9 Å². The Morgan fingerprint density at radius 1 is 1.54 bits per heavy atom. The predicted octanol–water partition coefficient (Wildman–Crippen LogP) is 3.31. The Hall–Kier alpha value is -0.540. The summed E-state index contributed by atoms with van der Waals surface area (Å²) in [6, 6.07) is 3.35. The third-order valence-corrected chi connectivity index (χ3v) is 3.05. The maximum Gasteiger partial charge on any atom is 0.161 e. The number of hydrogen-bond donors (Lipinski definition) is 0. The topological polar surface area (TPSA) is 26.3 Å². The number of carbonyl (C=O) groups excluding carboxylic acids is 1. The van der Waals surface area contributed by atoms with E-state index in [0.717, 1.165) is 0 Å². The Bertz CT molecular complexity index is 350. The standard InChI is InChI=1S/C9H8BrClO2/c1-5(12)6-3-4-7(13-2)8(10)9(6)11/h3-4H,1-2H3. The van der Waals surface area contributed by atoms with Gasteiger partial charge in [0.1, 0.15) is 5.75 Å². The first-order valence-electron chi connectivity index (χ1n) is 3.61. The summed E-state index contributed by atoms with van der Waals surface area (Å²) in [5.74, 6) is 0.559. The minimum Gasteiger partial charge on any atom is -0.496 e. The van der Waals surface area contributed by atoms with Crippen molar-refractivity contribution in [2.45, 2.75) is 6.92 Å². The minimum absolute atomic E-state index is 0.0617. The molecule has 0 bridgehead atoms. The van der Waals surface area contributed by atoms with Crippen LogP contribution >= 0.6 is 27.5 Å². The van der Waals surface area contributed by atoms with Gasteiger partial charge in [0.15, 0.2) is 5.78 Å². The fourth-order valence-electron chi connectivity index (χ4n) is 0.961. The molecule has 0 saturated carbocycles. The smallest absolute Gasteiger partial charge is 0.161 e. The van der Waals surface area contributed by atoms with Crippen LogP contribution in [-0.2, 0) is 0 Å². The molecule has 1 aromatic carbocycles. The first-order valence-corrected chi connectivity index (χ1v) is 4.78. The van der Waals surface area contributed by atoms with Crippen molar-refractivity contribution >= 4 is 33.3 Å². The van der Waals surface area contributed by atoms with Gasteiger partial charge in [-0.25, -0.2) is 0 Å². The summed E-state index contributed by atoms with van der Waals surface area (Å²) in [5, 5.41) is 0.395. The molecule has 1 rings (SSSR count). The highest BCUT2D eigenvalue weighted by atomic mass is 79.9. The monoisotopic (exact) mass is 262 g/mol. The zero-order valence-electron chi connectivity index (χ0n) is 7.23. The summed E-state index contributed by atoms with van der Waals surface area (Å²) in [6.45, 7) is 1.47. The van der Waals surface area contributed by atoms with Gasteiger partial charge in [0.05, 0.1) is 16.6 Å². The minimum atomic E-state index is -0.0617. The van der Waals surface area contributed by atoms with Gasteiger partial charge in [0.2, 0.25) is 0 Å². The zero-order valence-corrected chi connectivity index (χ0v) is 9.57. The lowest BCUT2D eigenvalue weighted by Gasteiger charge is -2.07. The fourth-order valence-corrected chi connectivity index (χ4v) is 1.76. The van der Waals surface area contributed by atoms with Crippen molar-refractivity contribution in [1.82, 2.24) is 0 Å². The molecular formula is C9H8BrClO2. The Morgan fingerprint density at radius 3 is 2.62 bits per heavy atom. The van der Waals surface area contributed by atoms with Gasteiger partial charge < -0.3 is 4.74 Å². The summed E-state index contributed by atoms with van der Waals surface area (Å²) in [4.78, 5) is 11.1. The lowest BCUT2D eigenvalue weighted by atomic mass is 10.1. The van der Waals surface area contributed by atoms with Crippen LogP contribution in [0.15, 0.2) is 16.6 Å². The highest BCUT2D eigenvalue weighted by molar-refractivity contribution is 9.10. The number of ketones is 1. The predicted molar refractivity (Wildman–Crippen MR) is 55.7 cm³/mol. The third kappa shape index (κ3) is 2.03. The van der Waals surface area contributed by atoms with E-state index in [1.807, 2.05) is 0 Å². The highest BCUT2D eigenvalue weighted by Crippen LogP contribution is 2.34. The van der Waals surface area contributed by atoms with E-state index in [9.17, 15) is 4.79 Å². The van der Waals surface area contributed by atoms with Gasteiger partial charge in [-0.05, 0) is 35.0 Å². The van der Waals surface area contributed by atoms with E-state index < -0.39 is 0 Å². The van der Waals surface area contributed by atoms with Crippen molar-refractivity contribution in [2.75, 3.05) is 7.11 Å². The van der Waals surface area contributed by atoms with E-state index in [-0.39, 0.29) is 5.78 Å². The highest BCUT2D eigenvalue weighted by Gasteiger charge is 2.12. The van der Waals surface area contributed by atoms with Gasteiger partial charge in [-0.1, -0.05) is 11.6 Å². The van der Waals surface area contributed by atoms with Crippen LogP contribution in [-0.4, -0.2) is 12.9 Å². The van der Waals surface area contributed by atoms with Gasteiger partial charge in [0.25, 0.3) is 0 Å². The lowest BCUT2D eigenvalue weighted by molar-refractivity contribution is 0.101. The third-order valence-electron chi connectivity index (χ3n) is 1.65. The molecular weight excluding hydrogens is 255 g/mol. The van der Waals surface area contributed by atoms with Crippen molar-refractivity contribution < 1.29 is 9.53 Å². The van der Waals surface area contributed by atoms with E-state index in [0.29, 0.717) is 20.8 Å². The van der Waals surface area contributed by atoms with Crippen molar-refractivity contribution in [3.8, 4) is 5.75 Å². The molecule has 1 aromatic rings. The quantitative estimate of drug-likeness (QED) is 0.765. The van der Waals surface area contributed by atoms with Gasteiger partial charge in [0, 0.05) is 5.56 Å². The van der Waals surface area contributed by atoms with Crippen molar-refractivity contribution in [2.24, 2.45) is 0 Å². The van der Waals surface area contributed by atoms with Crippen LogP contribution in [0.3, 0.4) is 0 Å². The number of ether oxygens (including phenoxy) is 1. The Morgan fingerprint density at radius 2 is 2.15 bits per heavy atom. The maximum absolute atomic E-state index is 11.1. The SMILES string of the molecule is COc1ccc(C(C)=O)c(Cl)c1Br. The second-order valence-corrected chi connectivity index (χ2v) is 3.67. The molecule has 2 nitrogen and oxygen atoms in total. The molecule has 0 spiro atoms. The van der Waals surface area contributed by atoms with Crippen LogP contribution in [0.25, 0.3) is 0 Å². The fraction of sp³-hybridized carbons (Fsp3) is 0.222. The van der Waals surface area contributed by atoms with Crippen LogP contribution in [0, 0.1) is 0 Å². The van der Waals surface area contributed by atoms with Crippen LogP contribution < -0.4 is 4.74 Å². The molecule has 0 heterocycles. The maximum atomic E-state index is 11.1. The van der Waals surface area contributed by atoms with Crippen molar-refractivity contribution in [1.29, 1.82) is 0 Å². The van der Waals surface area contributed by atoms with Crippen LogP contribution in [0.2, 0.25) is 5.02 Å². The molecule has 0 aromatic heterocycles. The average Bonchev–Trinajstić information content (AvgIpc) is 2.09. The van der Waals surface area contributed by atoms with Crippen LogP contribution in [0.1, 0.15) is 17.3 Å². The normalized spacial score (nSPS) is 9.85. The van der Waals surface area contributed by atoms with E-state index in [1.54, 1.807) is 19.2 Å². The summed E-state index contributed by atoms with van der Waals surface area (Å²) in [6.07, 6.45) is 0. The molecule has 13 heavy (non-hydrogen) atoms. The molecule has 0 aliphatic rings. The molecule has 0 saturated heterocycles. The first-order chi connectivity index (χ1) is 6.07. The van der Waals surface area contributed by atoms with E-state index in [1.165, 1.54) is 6.92 Å². The Balaban J connectivity index is 3.31. The van der Waals surface area contributed by atoms with Crippen molar-refractivity contribution in [3.05, 3.63) is 27.2 Å². The Labute approximate surface area is 90.0 Å². The molecule has 0 atom stereocenters. The number of hydrogen-bond acceptors (Lipinski definition) is 2. The van der Waals surface area contributed by atoms with Gasteiger partial charge in [-0.3, -0.25) is 4.79 Å². The molecule has 0 radical (unpaired) electrons. The van der Waals surface area contributed by atoms with Crippen molar-refractivity contribution in [3.63, 3.8) is 0 Å². The molecule has 0 fully saturated rings. The van der Waals surface area contributed by atoms with E-state index >= 15 is 0 Å². The molecule has 0 aliphatic carbocycles. The van der Waals surface area contributed by atoms with Gasteiger partial charge in [-0.2, -0.15) is 0 Å². The molecule has 0 aliphatic heterocycles. The van der Waals surface area contributed by atoms with Gasteiger partial charge in [-0.15, -0.1) is 0 Å². The second-order valence-electron chi connectivity index (χ2n) is 2.50. The number of benzene rings is 1. The summed E-state index contributed by atoms with van der Waals surface area (Å²) >= 11 is 9.17. The van der Waals surface area contributed by atoms with Crippen LogP contribution in [0.4, 0.5) is 0 Å². The summed E-state index contributed by atoms with van der Waals surface area (Å²) < 4.78 is 5.63. The number of carbonyl (C=O) groups is 1. The molecule has 0 amide bonds. The molecule has 4 heteroatoms.